The molecule has 1 aliphatic carbocycles. The van der Waals surface area contributed by atoms with E-state index in [2.05, 4.69) is 5.32 Å². The van der Waals surface area contributed by atoms with E-state index in [0.717, 1.165) is 42.4 Å². The summed E-state index contributed by atoms with van der Waals surface area (Å²) in [6.07, 6.45) is 4.07. The standard InChI is InChI=1S/C26H26F2N2O2/c27-22-9-1-20(2-10-22)26(21-3-11-23(28)12-4-21)17-29-24-13-5-18(6-14-24)19-7-15-25(16-8-19)30(31)32/h1-4,7-12,15-16,18,24,26,29H,5-6,13-14,17H2. The average molecular weight is 437 g/mol. The van der Waals surface area contributed by atoms with Gasteiger partial charge in [-0.25, -0.2) is 8.78 Å². The van der Waals surface area contributed by atoms with Crippen LogP contribution in [0.5, 0.6) is 0 Å². The predicted octanol–water partition coefficient (Wildman–Crippen LogP) is 6.32. The molecule has 0 heterocycles. The first-order valence-corrected chi connectivity index (χ1v) is 11.0. The summed E-state index contributed by atoms with van der Waals surface area (Å²) in [5.41, 5.74) is 3.26. The summed E-state index contributed by atoms with van der Waals surface area (Å²) >= 11 is 0. The number of nitrogens with one attached hydrogen (secondary N) is 1. The molecule has 0 atom stereocenters. The van der Waals surface area contributed by atoms with Crippen molar-refractivity contribution in [2.24, 2.45) is 0 Å². The van der Waals surface area contributed by atoms with Crippen molar-refractivity contribution in [2.45, 2.75) is 43.6 Å². The lowest BCUT2D eigenvalue weighted by Crippen LogP contribution is -2.35. The molecule has 0 amide bonds. The molecule has 166 valence electrons. The molecular weight excluding hydrogens is 410 g/mol. The lowest BCUT2D eigenvalue weighted by Gasteiger charge is -2.31. The summed E-state index contributed by atoms with van der Waals surface area (Å²) in [7, 11) is 0. The first kappa shape index (κ1) is 22.1. The molecule has 0 radical (unpaired) electrons. The Kier molecular flexibility index (Phi) is 6.90. The van der Waals surface area contributed by atoms with E-state index in [1.165, 1.54) is 24.3 Å². The van der Waals surface area contributed by atoms with Crippen molar-refractivity contribution in [1.29, 1.82) is 0 Å². The van der Waals surface area contributed by atoms with Gasteiger partial charge in [0, 0.05) is 30.6 Å². The number of hydrogen-bond donors (Lipinski definition) is 1. The molecule has 0 saturated heterocycles. The Labute approximate surface area is 186 Å². The lowest BCUT2D eigenvalue weighted by molar-refractivity contribution is -0.384. The monoisotopic (exact) mass is 436 g/mol. The third-order valence-electron chi connectivity index (χ3n) is 6.46. The molecule has 1 saturated carbocycles. The number of halogens is 2. The number of benzene rings is 3. The van der Waals surface area contributed by atoms with Crippen molar-refractivity contribution in [1.82, 2.24) is 5.32 Å². The minimum absolute atomic E-state index is 0.00333. The number of hydrogen-bond acceptors (Lipinski definition) is 3. The molecule has 4 rings (SSSR count). The van der Waals surface area contributed by atoms with Crippen LogP contribution < -0.4 is 5.32 Å². The Morgan fingerprint density at radius 3 is 1.78 bits per heavy atom. The van der Waals surface area contributed by atoms with Gasteiger partial charge in [-0.05, 0) is 72.6 Å². The van der Waals surface area contributed by atoms with Crippen LogP contribution in [0.25, 0.3) is 0 Å². The Morgan fingerprint density at radius 2 is 1.31 bits per heavy atom. The van der Waals surface area contributed by atoms with Crippen molar-refractivity contribution >= 4 is 5.69 Å². The second kappa shape index (κ2) is 10.0. The summed E-state index contributed by atoms with van der Waals surface area (Å²) in [5.74, 6) is -0.129. The van der Waals surface area contributed by atoms with E-state index in [-0.39, 0.29) is 28.2 Å². The van der Waals surface area contributed by atoms with E-state index in [1.807, 2.05) is 12.1 Å². The fraction of sp³-hybridized carbons (Fsp3) is 0.308. The van der Waals surface area contributed by atoms with E-state index in [0.29, 0.717) is 18.5 Å². The van der Waals surface area contributed by atoms with Gasteiger partial charge in [-0.15, -0.1) is 0 Å². The Morgan fingerprint density at radius 1 is 0.812 bits per heavy atom. The maximum atomic E-state index is 13.4. The van der Waals surface area contributed by atoms with E-state index < -0.39 is 0 Å². The third-order valence-corrected chi connectivity index (χ3v) is 6.46. The second-order valence-electron chi connectivity index (χ2n) is 8.46. The van der Waals surface area contributed by atoms with E-state index >= 15 is 0 Å². The Bertz CT molecular complexity index is 983. The first-order valence-electron chi connectivity index (χ1n) is 11.0. The van der Waals surface area contributed by atoms with Crippen molar-refractivity contribution < 1.29 is 13.7 Å². The minimum atomic E-state index is -0.372. The van der Waals surface area contributed by atoms with Crippen LogP contribution in [0.15, 0.2) is 72.8 Å². The summed E-state index contributed by atoms with van der Waals surface area (Å²) < 4.78 is 26.8. The van der Waals surface area contributed by atoms with Crippen LogP contribution in [0, 0.1) is 21.7 Å². The number of nitrogens with zero attached hydrogens (tertiary/aromatic N) is 1. The molecule has 1 aliphatic rings. The van der Waals surface area contributed by atoms with Gasteiger partial charge in [0.25, 0.3) is 5.69 Å². The van der Waals surface area contributed by atoms with Gasteiger partial charge in [0.05, 0.1) is 4.92 Å². The molecule has 0 aromatic heterocycles. The SMILES string of the molecule is O=[N+]([O-])c1ccc(C2CCC(NCC(c3ccc(F)cc3)c3ccc(F)cc3)CC2)cc1. The number of nitro groups is 1. The van der Waals surface area contributed by atoms with Gasteiger partial charge < -0.3 is 5.32 Å². The fourth-order valence-corrected chi connectivity index (χ4v) is 4.60. The van der Waals surface area contributed by atoms with Crippen LogP contribution in [0.1, 0.15) is 54.2 Å². The second-order valence-corrected chi connectivity index (χ2v) is 8.46. The fourth-order valence-electron chi connectivity index (χ4n) is 4.60. The van der Waals surface area contributed by atoms with Crippen molar-refractivity contribution in [2.75, 3.05) is 6.54 Å². The van der Waals surface area contributed by atoms with Crippen LogP contribution in [0.3, 0.4) is 0 Å². The largest absolute Gasteiger partial charge is 0.313 e. The smallest absolute Gasteiger partial charge is 0.269 e. The molecule has 3 aromatic rings. The van der Waals surface area contributed by atoms with Crippen molar-refractivity contribution in [3.05, 3.63) is 111 Å². The molecule has 1 fully saturated rings. The lowest BCUT2D eigenvalue weighted by atomic mass is 9.81. The molecule has 6 heteroatoms. The summed E-state index contributed by atoms with van der Waals surface area (Å²) in [6, 6.07) is 20.3. The topological polar surface area (TPSA) is 55.2 Å². The molecule has 0 unspecified atom stereocenters. The highest BCUT2D eigenvalue weighted by molar-refractivity contribution is 5.35. The normalized spacial score (nSPS) is 18.6. The molecular formula is C26H26F2N2O2. The Balaban J connectivity index is 1.38. The van der Waals surface area contributed by atoms with Crippen LogP contribution in [-0.4, -0.2) is 17.5 Å². The van der Waals surface area contributed by atoms with Gasteiger partial charge in [0.2, 0.25) is 0 Å². The molecule has 4 nitrogen and oxygen atoms in total. The zero-order valence-corrected chi connectivity index (χ0v) is 17.7. The highest BCUT2D eigenvalue weighted by Gasteiger charge is 2.24. The summed E-state index contributed by atoms with van der Waals surface area (Å²) in [6.45, 7) is 0.685. The summed E-state index contributed by atoms with van der Waals surface area (Å²) in [4.78, 5) is 10.5. The molecule has 0 bridgehead atoms. The zero-order valence-electron chi connectivity index (χ0n) is 17.7. The highest BCUT2D eigenvalue weighted by Crippen LogP contribution is 2.34. The zero-order chi connectivity index (χ0) is 22.5. The van der Waals surface area contributed by atoms with Gasteiger partial charge in [-0.3, -0.25) is 10.1 Å². The number of nitro benzene ring substituents is 1. The van der Waals surface area contributed by atoms with Crippen LogP contribution in [-0.2, 0) is 0 Å². The maximum Gasteiger partial charge on any atom is 0.269 e. The van der Waals surface area contributed by atoms with E-state index in [1.54, 1.807) is 36.4 Å². The van der Waals surface area contributed by atoms with Gasteiger partial charge in [0.15, 0.2) is 0 Å². The van der Waals surface area contributed by atoms with Gasteiger partial charge in [-0.2, -0.15) is 0 Å². The van der Waals surface area contributed by atoms with Gasteiger partial charge >= 0.3 is 0 Å². The van der Waals surface area contributed by atoms with E-state index in [9.17, 15) is 18.9 Å². The molecule has 0 spiro atoms. The number of rotatable bonds is 7. The Hall–Kier alpha value is -3.12. The molecule has 1 N–H and O–H groups in total. The van der Waals surface area contributed by atoms with Gasteiger partial charge in [-0.1, -0.05) is 36.4 Å². The average Bonchev–Trinajstić information content (AvgIpc) is 2.82. The predicted molar refractivity (Wildman–Crippen MR) is 121 cm³/mol. The molecule has 32 heavy (non-hydrogen) atoms. The third kappa shape index (κ3) is 5.37. The molecule has 0 aliphatic heterocycles. The first-order chi connectivity index (χ1) is 15.5. The maximum absolute atomic E-state index is 13.4. The van der Waals surface area contributed by atoms with Crippen molar-refractivity contribution in [3.63, 3.8) is 0 Å². The van der Waals surface area contributed by atoms with Gasteiger partial charge in [0.1, 0.15) is 11.6 Å². The van der Waals surface area contributed by atoms with Crippen LogP contribution in [0.2, 0.25) is 0 Å². The van der Waals surface area contributed by atoms with Crippen LogP contribution in [0.4, 0.5) is 14.5 Å². The minimum Gasteiger partial charge on any atom is -0.313 e. The quantitative estimate of drug-likeness (QED) is 0.348. The summed E-state index contributed by atoms with van der Waals surface area (Å²) in [5, 5.41) is 14.5. The number of non-ortho nitro benzene ring substituents is 1. The van der Waals surface area contributed by atoms with Crippen molar-refractivity contribution in [3.8, 4) is 0 Å². The van der Waals surface area contributed by atoms with E-state index in [4.69, 9.17) is 0 Å². The molecule has 3 aromatic carbocycles. The van der Waals surface area contributed by atoms with Crippen LogP contribution >= 0.6 is 0 Å². The highest BCUT2D eigenvalue weighted by atomic mass is 19.1.